The van der Waals surface area contributed by atoms with Gasteiger partial charge in [0.05, 0.1) is 0 Å². The van der Waals surface area contributed by atoms with Gasteiger partial charge in [0.1, 0.15) is 0 Å². The molecule has 2 nitrogen and oxygen atoms in total. The van der Waals surface area contributed by atoms with Gasteiger partial charge in [0.2, 0.25) is 0 Å². The largest absolute Gasteiger partial charge is 0.326 e. The number of nitrogens with zero attached hydrogens (tertiary/aromatic N) is 1. The monoisotopic (exact) mass is 282 g/mol. The lowest BCUT2D eigenvalue weighted by Crippen LogP contribution is -2.26. The molecule has 1 fully saturated rings. The molecule has 16 heavy (non-hydrogen) atoms. The Labute approximate surface area is 114 Å². The fraction of sp³-hybridized carbons (Fsp3) is 0.455. The molecular formula is C11H17Cl3N2. The van der Waals surface area contributed by atoms with E-state index >= 15 is 0 Å². The van der Waals surface area contributed by atoms with Crippen LogP contribution in [0.5, 0.6) is 0 Å². The Morgan fingerprint density at radius 1 is 1.25 bits per heavy atom. The standard InChI is InChI=1S/C11H15ClN2.2ClH/c12-10-3-1-9(2-4-10)7-14-6-5-11(13)8-14;;/h1-4,11H,5-8,13H2;2*1H/t11-;;/m1../s1. The van der Waals surface area contributed by atoms with E-state index in [1.165, 1.54) is 5.56 Å². The van der Waals surface area contributed by atoms with E-state index in [0.29, 0.717) is 6.04 Å². The van der Waals surface area contributed by atoms with Gasteiger partial charge in [-0.15, -0.1) is 24.8 Å². The Bertz CT molecular complexity index is 303. The van der Waals surface area contributed by atoms with Crippen LogP contribution in [0.25, 0.3) is 0 Å². The van der Waals surface area contributed by atoms with Gasteiger partial charge in [0.15, 0.2) is 0 Å². The second-order valence-electron chi connectivity index (χ2n) is 3.91. The molecule has 0 aromatic heterocycles. The quantitative estimate of drug-likeness (QED) is 0.904. The zero-order valence-electron chi connectivity index (χ0n) is 8.93. The summed E-state index contributed by atoms with van der Waals surface area (Å²) in [6.45, 7) is 3.12. The number of nitrogens with two attached hydrogens (primary N) is 1. The fourth-order valence-electron chi connectivity index (χ4n) is 1.85. The lowest BCUT2D eigenvalue weighted by Gasteiger charge is -2.14. The highest BCUT2D eigenvalue weighted by molar-refractivity contribution is 6.30. The molecular weight excluding hydrogens is 266 g/mol. The molecule has 0 radical (unpaired) electrons. The van der Waals surface area contributed by atoms with Crippen LogP contribution >= 0.6 is 36.4 Å². The maximum absolute atomic E-state index is 5.84. The van der Waals surface area contributed by atoms with Gasteiger partial charge in [-0.1, -0.05) is 23.7 Å². The first kappa shape index (κ1) is 16.0. The Hall–Kier alpha value is 0.01000. The van der Waals surface area contributed by atoms with Crippen molar-refractivity contribution in [1.82, 2.24) is 4.90 Å². The molecule has 1 aromatic carbocycles. The minimum atomic E-state index is 0. The van der Waals surface area contributed by atoms with Crippen molar-refractivity contribution in [2.75, 3.05) is 13.1 Å². The molecule has 1 aromatic rings. The van der Waals surface area contributed by atoms with Gasteiger partial charge in [-0.05, 0) is 24.1 Å². The van der Waals surface area contributed by atoms with Crippen molar-refractivity contribution in [2.45, 2.75) is 19.0 Å². The number of likely N-dealkylation sites (tertiary alicyclic amines) is 1. The van der Waals surface area contributed by atoms with Crippen LogP contribution in [0.3, 0.4) is 0 Å². The molecule has 0 bridgehead atoms. The maximum atomic E-state index is 5.84. The third kappa shape index (κ3) is 4.48. The maximum Gasteiger partial charge on any atom is 0.0406 e. The molecule has 1 aliphatic heterocycles. The zero-order valence-corrected chi connectivity index (χ0v) is 11.3. The summed E-state index contributed by atoms with van der Waals surface area (Å²) in [6.07, 6.45) is 1.12. The Morgan fingerprint density at radius 3 is 2.38 bits per heavy atom. The highest BCUT2D eigenvalue weighted by Crippen LogP contribution is 2.14. The van der Waals surface area contributed by atoms with E-state index < -0.39 is 0 Å². The van der Waals surface area contributed by atoms with Crippen molar-refractivity contribution in [3.63, 3.8) is 0 Å². The molecule has 2 N–H and O–H groups in total. The lowest BCUT2D eigenvalue weighted by molar-refractivity contribution is 0.327. The molecule has 92 valence electrons. The van der Waals surface area contributed by atoms with Gasteiger partial charge in [-0.2, -0.15) is 0 Å². The first-order chi connectivity index (χ1) is 6.74. The SMILES string of the molecule is Cl.Cl.N[C@@H]1CCN(Cc2ccc(Cl)cc2)C1. The van der Waals surface area contributed by atoms with Crippen LogP contribution in [0.4, 0.5) is 0 Å². The lowest BCUT2D eigenvalue weighted by atomic mass is 10.2. The predicted octanol–water partition coefficient (Wildman–Crippen LogP) is 2.72. The number of benzene rings is 1. The first-order valence-corrected chi connectivity index (χ1v) is 5.34. The molecule has 1 atom stereocenters. The highest BCUT2D eigenvalue weighted by atomic mass is 35.5. The van der Waals surface area contributed by atoms with Gasteiger partial charge in [-0.3, -0.25) is 4.90 Å². The first-order valence-electron chi connectivity index (χ1n) is 4.96. The van der Waals surface area contributed by atoms with Gasteiger partial charge >= 0.3 is 0 Å². The Morgan fingerprint density at radius 2 is 1.88 bits per heavy atom. The highest BCUT2D eigenvalue weighted by Gasteiger charge is 2.18. The van der Waals surface area contributed by atoms with Crippen molar-refractivity contribution in [3.05, 3.63) is 34.9 Å². The predicted molar refractivity (Wildman–Crippen MR) is 73.8 cm³/mol. The second-order valence-corrected chi connectivity index (χ2v) is 4.35. The topological polar surface area (TPSA) is 29.3 Å². The number of rotatable bonds is 2. The fourth-order valence-corrected chi connectivity index (χ4v) is 1.98. The van der Waals surface area contributed by atoms with Crippen molar-refractivity contribution in [3.8, 4) is 0 Å². The summed E-state index contributed by atoms with van der Waals surface area (Å²) in [5, 5.41) is 0.798. The summed E-state index contributed by atoms with van der Waals surface area (Å²) in [6, 6.07) is 8.39. The molecule has 1 saturated heterocycles. The van der Waals surface area contributed by atoms with Gasteiger partial charge in [0.25, 0.3) is 0 Å². The van der Waals surface area contributed by atoms with Crippen LogP contribution in [0, 0.1) is 0 Å². The van der Waals surface area contributed by atoms with Gasteiger partial charge < -0.3 is 5.73 Å². The van der Waals surface area contributed by atoms with Crippen molar-refractivity contribution >= 4 is 36.4 Å². The van der Waals surface area contributed by atoms with E-state index in [0.717, 1.165) is 31.1 Å². The van der Waals surface area contributed by atoms with Crippen molar-refractivity contribution in [1.29, 1.82) is 0 Å². The van der Waals surface area contributed by atoms with E-state index in [4.69, 9.17) is 17.3 Å². The van der Waals surface area contributed by atoms with E-state index in [1.54, 1.807) is 0 Å². The molecule has 0 amide bonds. The van der Waals surface area contributed by atoms with Crippen LogP contribution in [-0.2, 0) is 6.54 Å². The summed E-state index contributed by atoms with van der Waals surface area (Å²) in [7, 11) is 0. The van der Waals surface area contributed by atoms with Crippen LogP contribution in [0.1, 0.15) is 12.0 Å². The van der Waals surface area contributed by atoms with E-state index in [9.17, 15) is 0 Å². The summed E-state index contributed by atoms with van der Waals surface area (Å²) >= 11 is 5.82. The molecule has 0 aliphatic carbocycles. The molecule has 1 aliphatic rings. The van der Waals surface area contributed by atoms with Crippen molar-refractivity contribution in [2.24, 2.45) is 5.73 Å². The Balaban J connectivity index is 0.00000112. The van der Waals surface area contributed by atoms with Gasteiger partial charge in [0, 0.05) is 30.7 Å². The second kappa shape index (κ2) is 7.36. The third-order valence-corrected chi connectivity index (χ3v) is 2.88. The molecule has 1 heterocycles. The average Bonchev–Trinajstić information content (AvgIpc) is 2.56. The summed E-state index contributed by atoms with van der Waals surface area (Å²) in [5.41, 5.74) is 7.15. The number of hydrogen-bond acceptors (Lipinski definition) is 2. The molecule has 0 spiro atoms. The molecule has 2 rings (SSSR count). The van der Waals surface area contributed by atoms with E-state index in [1.807, 2.05) is 12.1 Å². The molecule has 0 saturated carbocycles. The Kier molecular flexibility index (Phi) is 7.36. The zero-order chi connectivity index (χ0) is 9.97. The van der Waals surface area contributed by atoms with E-state index in [-0.39, 0.29) is 24.8 Å². The van der Waals surface area contributed by atoms with Crippen LogP contribution < -0.4 is 5.73 Å². The molecule has 0 unspecified atom stereocenters. The van der Waals surface area contributed by atoms with Crippen LogP contribution in [0.2, 0.25) is 5.02 Å². The molecule has 5 heteroatoms. The smallest absolute Gasteiger partial charge is 0.0406 e. The summed E-state index contributed by atoms with van der Waals surface area (Å²) in [4.78, 5) is 2.38. The normalized spacial score (nSPS) is 20.0. The number of hydrogen-bond donors (Lipinski definition) is 1. The minimum absolute atomic E-state index is 0. The third-order valence-electron chi connectivity index (χ3n) is 2.63. The number of halogens is 3. The average molecular weight is 284 g/mol. The van der Waals surface area contributed by atoms with Crippen LogP contribution in [-0.4, -0.2) is 24.0 Å². The van der Waals surface area contributed by atoms with Crippen LogP contribution in [0.15, 0.2) is 24.3 Å². The minimum Gasteiger partial charge on any atom is -0.326 e. The van der Waals surface area contributed by atoms with Gasteiger partial charge in [-0.25, -0.2) is 0 Å². The summed E-state index contributed by atoms with van der Waals surface area (Å²) < 4.78 is 0. The van der Waals surface area contributed by atoms with E-state index in [2.05, 4.69) is 17.0 Å². The van der Waals surface area contributed by atoms with Crippen molar-refractivity contribution < 1.29 is 0 Å². The summed E-state index contributed by atoms with van der Waals surface area (Å²) in [5.74, 6) is 0.